The molecule has 0 bridgehead atoms. The van der Waals surface area contributed by atoms with Gasteiger partial charge in [0.1, 0.15) is 12.2 Å². The Bertz CT molecular complexity index is 1100. The Labute approximate surface area is 157 Å². The van der Waals surface area contributed by atoms with Crippen LogP contribution < -0.4 is 10.9 Å². The zero-order valence-electron chi connectivity index (χ0n) is 13.7. The summed E-state index contributed by atoms with van der Waals surface area (Å²) in [6.45, 7) is 0.351. The Balaban J connectivity index is 1.67. The fraction of sp³-hybridized carbons (Fsp3) is 0.105. The molecule has 0 saturated heterocycles. The van der Waals surface area contributed by atoms with E-state index in [1.165, 1.54) is 4.68 Å². The maximum Gasteiger partial charge on any atom is 0.275 e. The van der Waals surface area contributed by atoms with E-state index in [1.807, 2.05) is 53.2 Å². The first-order valence-electron chi connectivity index (χ1n) is 8.05. The van der Waals surface area contributed by atoms with Crippen molar-refractivity contribution in [3.8, 4) is 10.6 Å². The number of thiophene rings is 2. The van der Waals surface area contributed by atoms with Crippen LogP contribution in [-0.4, -0.2) is 15.7 Å². The number of amides is 1. The van der Waals surface area contributed by atoms with Gasteiger partial charge in [-0.05, 0) is 29.0 Å². The van der Waals surface area contributed by atoms with Gasteiger partial charge in [0.2, 0.25) is 5.91 Å². The number of nitrogens with zero attached hydrogens (tertiary/aromatic N) is 2. The number of hydrogen-bond acceptors (Lipinski definition) is 5. The first-order valence-corrected chi connectivity index (χ1v) is 9.81. The van der Waals surface area contributed by atoms with Gasteiger partial charge in [-0.3, -0.25) is 9.59 Å². The lowest BCUT2D eigenvalue weighted by Crippen LogP contribution is -2.33. The van der Waals surface area contributed by atoms with Crippen molar-refractivity contribution < 1.29 is 4.79 Å². The Morgan fingerprint density at radius 2 is 1.77 bits per heavy atom. The monoisotopic (exact) mass is 381 g/mol. The van der Waals surface area contributed by atoms with Gasteiger partial charge in [0.15, 0.2) is 0 Å². The third-order valence-electron chi connectivity index (χ3n) is 3.96. The molecule has 3 aromatic heterocycles. The van der Waals surface area contributed by atoms with Gasteiger partial charge < -0.3 is 5.32 Å². The van der Waals surface area contributed by atoms with Crippen LogP contribution >= 0.6 is 22.7 Å². The van der Waals surface area contributed by atoms with Gasteiger partial charge in [-0.1, -0.05) is 30.3 Å². The summed E-state index contributed by atoms with van der Waals surface area (Å²) in [5.41, 5.74) is 0.466. The van der Waals surface area contributed by atoms with Crippen LogP contribution in [0.2, 0.25) is 0 Å². The smallest absolute Gasteiger partial charge is 0.275 e. The van der Waals surface area contributed by atoms with Crippen LogP contribution in [0.4, 0.5) is 0 Å². The fourth-order valence-electron chi connectivity index (χ4n) is 2.73. The van der Waals surface area contributed by atoms with Crippen LogP contribution in [0.25, 0.3) is 21.3 Å². The zero-order valence-corrected chi connectivity index (χ0v) is 15.3. The minimum absolute atomic E-state index is 0.104. The molecule has 4 rings (SSSR count). The molecule has 1 amide bonds. The molecule has 0 aliphatic rings. The summed E-state index contributed by atoms with van der Waals surface area (Å²) < 4.78 is 1.25. The molecule has 0 aliphatic heterocycles. The summed E-state index contributed by atoms with van der Waals surface area (Å²) in [6, 6.07) is 15.2. The number of fused-ring (bicyclic) bond motifs is 1. The first-order chi connectivity index (χ1) is 12.7. The van der Waals surface area contributed by atoms with Crippen molar-refractivity contribution in [2.24, 2.45) is 0 Å². The number of hydrogen-bond donors (Lipinski definition) is 1. The van der Waals surface area contributed by atoms with Gasteiger partial charge in [-0.2, -0.15) is 5.10 Å². The largest absolute Gasteiger partial charge is 0.350 e. The first kappa shape index (κ1) is 16.7. The van der Waals surface area contributed by atoms with Crippen molar-refractivity contribution in [2.45, 2.75) is 13.1 Å². The Morgan fingerprint density at radius 3 is 2.50 bits per heavy atom. The summed E-state index contributed by atoms with van der Waals surface area (Å²) in [5, 5.41) is 12.6. The maximum absolute atomic E-state index is 12.7. The molecule has 4 aromatic rings. The second kappa shape index (κ2) is 7.23. The number of rotatable bonds is 5. The molecule has 130 valence electrons. The van der Waals surface area contributed by atoms with Crippen molar-refractivity contribution in [1.29, 1.82) is 0 Å². The Morgan fingerprint density at radius 1 is 1.00 bits per heavy atom. The molecular formula is C19H15N3O2S2. The van der Waals surface area contributed by atoms with Gasteiger partial charge in [-0.25, -0.2) is 4.68 Å². The summed E-state index contributed by atoms with van der Waals surface area (Å²) in [5.74, 6) is -0.236. The van der Waals surface area contributed by atoms with Crippen molar-refractivity contribution in [1.82, 2.24) is 15.1 Å². The van der Waals surface area contributed by atoms with Crippen molar-refractivity contribution >= 4 is 39.4 Å². The summed E-state index contributed by atoms with van der Waals surface area (Å²) >= 11 is 3.14. The second-order valence-electron chi connectivity index (χ2n) is 5.69. The molecule has 1 aromatic carbocycles. The molecule has 0 atom stereocenters. The quantitative estimate of drug-likeness (QED) is 0.575. The van der Waals surface area contributed by atoms with E-state index >= 15 is 0 Å². The third kappa shape index (κ3) is 3.31. The van der Waals surface area contributed by atoms with Crippen LogP contribution in [0.15, 0.2) is 64.1 Å². The molecule has 1 N–H and O–H groups in total. The van der Waals surface area contributed by atoms with E-state index in [2.05, 4.69) is 10.4 Å². The molecule has 0 unspecified atom stereocenters. The highest BCUT2D eigenvalue weighted by Crippen LogP contribution is 2.28. The molecule has 0 fully saturated rings. The molecule has 0 radical (unpaired) electrons. The van der Waals surface area contributed by atoms with Gasteiger partial charge in [-0.15, -0.1) is 22.7 Å². The van der Waals surface area contributed by atoms with E-state index in [0.717, 1.165) is 20.8 Å². The minimum atomic E-state index is -0.257. The average molecular weight is 381 g/mol. The zero-order chi connectivity index (χ0) is 17.9. The number of nitrogens with one attached hydrogen (secondary N) is 1. The van der Waals surface area contributed by atoms with Gasteiger partial charge in [0.25, 0.3) is 5.56 Å². The van der Waals surface area contributed by atoms with E-state index in [4.69, 9.17) is 0 Å². The number of benzene rings is 1. The molecule has 0 saturated carbocycles. The molecule has 7 heteroatoms. The standard InChI is InChI=1S/C19H15N3O2S2/c23-17(20-11-13-5-3-9-25-13)12-22-19(24)15-7-2-1-6-14(15)18(21-22)16-8-4-10-26-16/h1-10H,11-12H2,(H,20,23). The highest BCUT2D eigenvalue weighted by atomic mass is 32.1. The van der Waals surface area contributed by atoms with E-state index in [9.17, 15) is 9.59 Å². The fourth-order valence-corrected chi connectivity index (χ4v) is 4.10. The van der Waals surface area contributed by atoms with Gasteiger partial charge >= 0.3 is 0 Å². The molecule has 5 nitrogen and oxygen atoms in total. The number of carbonyl (C=O) groups is 1. The van der Waals surface area contributed by atoms with Crippen molar-refractivity contribution in [3.05, 3.63) is 74.5 Å². The molecule has 0 aliphatic carbocycles. The lowest BCUT2D eigenvalue weighted by atomic mass is 10.1. The van der Waals surface area contributed by atoms with E-state index in [-0.39, 0.29) is 18.0 Å². The summed E-state index contributed by atoms with van der Waals surface area (Å²) in [6.07, 6.45) is 0. The minimum Gasteiger partial charge on any atom is -0.350 e. The van der Waals surface area contributed by atoms with Crippen LogP contribution in [0.1, 0.15) is 4.88 Å². The topological polar surface area (TPSA) is 64.0 Å². The second-order valence-corrected chi connectivity index (χ2v) is 7.67. The van der Waals surface area contributed by atoms with E-state index in [1.54, 1.807) is 28.7 Å². The van der Waals surface area contributed by atoms with Crippen LogP contribution in [0.5, 0.6) is 0 Å². The van der Waals surface area contributed by atoms with Crippen LogP contribution in [-0.2, 0) is 17.9 Å². The predicted molar refractivity (Wildman–Crippen MR) is 105 cm³/mol. The summed E-state index contributed by atoms with van der Waals surface area (Å²) in [4.78, 5) is 27.1. The van der Waals surface area contributed by atoms with Crippen LogP contribution in [0, 0.1) is 0 Å². The van der Waals surface area contributed by atoms with Gasteiger partial charge in [0.05, 0.1) is 16.8 Å². The Kier molecular flexibility index (Phi) is 4.64. The maximum atomic E-state index is 12.7. The molecular weight excluding hydrogens is 366 g/mol. The van der Waals surface area contributed by atoms with E-state index in [0.29, 0.717) is 11.9 Å². The third-order valence-corrected chi connectivity index (χ3v) is 5.71. The van der Waals surface area contributed by atoms with Crippen molar-refractivity contribution in [2.75, 3.05) is 0 Å². The summed E-state index contributed by atoms with van der Waals surface area (Å²) in [7, 11) is 0. The normalized spacial score (nSPS) is 10.9. The predicted octanol–water partition coefficient (Wildman–Crippen LogP) is 3.50. The van der Waals surface area contributed by atoms with Crippen LogP contribution in [0.3, 0.4) is 0 Å². The number of aromatic nitrogens is 2. The Hall–Kier alpha value is -2.77. The van der Waals surface area contributed by atoms with E-state index < -0.39 is 0 Å². The molecule has 26 heavy (non-hydrogen) atoms. The van der Waals surface area contributed by atoms with Crippen molar-refractivity contribution in [3.63, 3.8) is 0 Å². The van der Waals surface area contributed by atoms with Gasteiger partial charge in [0, 0.05) is 10.3 Å². The lowest BCUT2D eigenvalue weighted by Gasteiger charge is -2.10. The molecule has 3 heterocycles. The SMILES string of the molecule is O=C(Cn1nc(-c2cccs2)c2ccccc2c1=O)NCc1cccs1. The average Bonchev–Trinajstić information content (AvgIpc) is 3.36. The lowest BCUT2D eigenvalue weighted by molar-refractivity contribution is -0.122. The highest BCUT2D eigenvalue weighted by Gasteiger charge is 2.14. The highest BCUT2D eigenvalue weighted by molar-refractivity contribution is 7.13. The molecule has 0 spiro atoms. The number of carbonyl (C=O) groups excluding carboxylic acids is 1.